The number of aromatic nitrogens is 4. The average Bonchev–Trinajstić information content (AvgIpc) is 3.30. The third-order valence-corrected chi connectivity index (χ3v) is 5.11. The van der Waals surface area contributed by atoms with Gasteiger partial charge in [-0.1, -0.05) is 25.4 Å². The molecule has 1 saturated heterocycles. The predicted molar refractivity (Wildman–Crippen MR) is 117 cm³/mol. The Kier molecular flexibility index (Phi) is 4.91. The number of anilines is 2. The zero-order valence-corrected chi connectivity index (χ0v) is 17.6. The van der Waals surface area contributed by atoms with Crippen LogP contribution in [0.1, 0.15) is 35.2 Å². The van der Waals surface area contributed by atoms with Gasteiger partial charge in [0.05, 0.1) is 26.8 Å². The van der Waals surface area contributed by atoms with Crippen molar-refractivity contribution in [3.05, 3.63) is 59.8 Å². The fourth-order valence-electron chi connectivity index (χ4n) is 3.23. The second-order valence-electron chi connectivity index (χ2n) is 7.42. The van der Waals surface area contributed by atoms with Gasteiger partial charge in [0.25, 0.3) is 0 Å². The van der Waals surface area contributed by atoms with Crippen LogP contribution in [-0.4, -0.2) is 38.1 Å². The monoisotopic (exact) mass is 427 g/mol. The van der Waals surface area contributed by atoms with Crippen molar-refractivity contribution in [1.29, 1.82) is 0 Å². The Bertz CT molecular complexity index is 1120. The lowest BCUT2D eigenvalue weighted by Crippen LogP contribution is -2.38. The molecule has 2 atom stereocenters. The van der Waals surface area contributed by atoms with Crippen molar-refractivity contribution in [2.24, 2.45) is 5.92 Å². The molecule has 1 aliphatic heterocycles. The number of imidazole rings is 1. The number of carbonyl (C=O) groups is 1. The fourth-order valence-corrected chi connectivity index (χ4v) is 3.36. The minimum absolute atomic E-state index is 0.119. The van der Waals surface area contributed by atoms with Crippen LogP contribution in [0.25, 0.3) is 5.69 Å². The van der Waals surface area contributed by atoms with Gasteiger partial charge < -0.3 is 15.2 Å². The van der Waals surface area contributed by atoms with Crippen LogP contribution in [-0.2, 0) is 0 Å². The Morgan fingerprint density at radius 2 is 2.00 bits per heavy atom. The zero-order valence-electron chi connectivity index (χ0n) is 18.9. The van der Waals surface area contributed by atoms with E-state index in [0.29, 0.717) is 16.8 Å². The number of nitrogens with zero attached hydrogens (tertiary/aromatic N) is 5. The van der Waals surface area contributed by atoms with Gasteiger partial charge in [0, 0.05) is 29.6 Å². The summed E-state index contributed by atoms with van der Waals surface area (Å²) in [5.74, 6) is 0.531. The molecule has 30 heavy (non-hydrogen) atoms. The van der Waals surface area contributed by atoms with E-state index in [0.717, 1.165) is 11.4 Å². The molecule has 0 saturated carbocycles. The molecule has 3 aromatic rings. The van der Waals surface area contributed by atoms with Crippen molar-refractivity contribution in [2.75, 3.05) is 16.7 Å². The Hall–Kier alpha value is -3.13. The van der Waals surface area contributed by atoms with Gasteiger partial charge in [-0.05, 0) is 43.2 Å². The Morgan fingerprint density at radius 1 is 1.23 bits per heavy atom. The van der Waals surface area contributed by atoms with Gasteiger partial charge in [-0.3, -0.25) is 4.90 Å². The first-order valence-electron chi connectivity index (χ1n) is 10.7. The highest BCUT2D eigenvalue weighted by atomic mass is 35.5. The highest BCUT2D eigenvalue weighted by molar-refractivity contribution is 6.30. The molecule has 0 bridgehead atoms. The summed E-state index contributed by atoms with van der Waals surface area (Å²) < 4.78 is 18.2. The number of rotatable bonds is 6. The number of hydrogen-bond acceptors (Lipinski definition) is 5. The number of urea groups is 1. The van der Waals surface area contributed by atoms with Gasteiger partial charge >= 0.3 is 6.03 Å². The zero-order chi connectivity index (χ0) is 23.0. The lowest BCUT2D eigenvalue weighted by Gasteiger charge is -2.25. The summed E-state index contributed by atoms with van der Waals surface area (Å²) in [6.07, 6.45) is 5.17. The molecule has 0 unspecified atom stereocenters. The van der Waals surface area contributed by atoms with Crippen LogP contribution in [0.5, 0.6) is 0 Å². The first-order chi connectivity index (χ1) is 15.2. The molecule has 0 aliphatic carbocycles. The Morgan fingerprint density at radius 3 is 2.73 bits per heavy atom. The molecular formula is C21H24ClN7O. The number of carbonyl (C=O) groups excluding carboxylic acids is 1. The number of amides is 2. The maximum Gasteiger partial charge on any atom is 0.323 e. The van der Waals surface area contributed by atoms with Gasteiger partial charge in [-0.15, -0.1) is 0 Å². The molecular weight excluding hydrogens is 402 g/mol. The van der Waals surface area contributed by atoms with Crippen LogP contribution in [0.15, 0.2) is 49.1 Å². The van der Waals surface area contributed by atoms with E-state index in [1.807, 2.05) is 55.8 Å². The first kappa shape index (κ1) is 17.7. The van der Waals surface area contributed by atoms with E-state index in [2.05, 4.69) is 25.6 Å². The maximum atomic E-state index is 12.5. The average molecular weight is 428 g/mol. The highest BCUT2D eigenvalue weighted by Crippen LogP contribution is 2.24. The Labute approximate surface area is 183 Å². The number of nitrogens with one attached hydrogen (secondary N) is 2. The summed E-state index contributed by atoms with van der Waals surface area (Å²) in [5.41, 5.74) is 1.72. The molecule has 1 aromatic carbocycles. The Balaban J connectivity index is 1.53. The number of hydrogen-bond donors (Lipinski definition) is 2. The van der Waals surface area contributed by atoms with Crippen LogP contribution in [0.3, 0.4) is 0 Å². The maximum absolute atomic E-state index is 12.5. The van der Waals surface area contributed by atoms with Crippen LogP contribution < -0.4 is 15.5 Å². The molecule has 1 fully saturated rings. The standard InChI is InChI=1S/C21H24ClN7O/c1-13(2)18-10-24-21(30)29(18)19-8-9-23-20(27-19)26-14(3)17-11-28(12-25-17)16-6-4-15(22)5-7-16/h4-9,11-14,18H,10H2,1-3H3,(H,24,30)(H,23,26,27)/t14-,18+/m0/s1/i10D2. The molecule has 156 valence electrons. The predicted octanol–water partition coefficient (Wildman–Crippen LogP) is 4.04. The van der Waals surface area contributed by atoms with Crippen molar-refractivity contribution in [3.63, 3.8) is 0 Å². The van der Waals surface area contributed by atoms with E-state index >= 15 is 0 Å². The first-order valence-corrected chi connectivity index (χ1v) is 10.0. The lowest BCUT2D eigenvalue weighted by molar-refractivity contribution is 0.251. The van der Waals surface area contributed by atoms with Crippen LogP contribution in [0, 0.1) is 5.92 Å². The summed E-state index contributed by atoms with van der Waals surface area (Å²) >= 11 is 5.96. The topological polar surface area (TPSA) is 88.0 Å². The third-order valence-electron chi connectivity index (χ3n) is 4.86. The summed E-state index contributed by atoms with van der Waals surface area (Å²) in [4.78, 5) is 27.0. The van der Waals surface area contributed by atoms with E-state index < -0.39 is 18.6 Å². The highest BCUT2D eigenvalue weighted by Gasteiger charge is 2.34. The molecule has 2 N–H and O–H groups in total. The van der Waals surface area contributed by atoms with Crippen LogP contribution in [0.2, 0.25) is 5.02 Å². The minimum atomic E-state index is -1.86. The normalized spacial score (nSPS) is 20.0. The van der Waals surface area contributed by atoms with E-state index in [-0.39, 0.29) is 12.0 Å². The second-order valence-corrected chi connectivity index (χ2v) is 7.86. The molecule has 1 aliphatic rings. The molecule has 3 heterocycles. The summed E-state index contributed by atoms with van der Waals surface area (Å²) in [7, 11) is 0. The van der Waals surface area contributed by atoms with Crippen molar-refractivity contribution < 1.29 is 7.54 Å². The van der Waals surface area contributed by atoms with Crippen LogP contribution in [0.4, 0.5) is 16.6 Å². The SMILES string of the molecule is [2H]C1([2H])NC(=O)N(c2ccnc(N[C@@H](C)c3cn(-c4ccc(Cl)cc4)cn3)n2)[C@H]1C(C)C. The fraction of sp³-hybridized carbons (Fsp3) is 0.333. The molecule has 2 amide bonds. The van der Waals surface area contributed by atoms with Gasteiger partial charge in [-0.2, -0.15) is 4.98 Å². The summed E-state index contributed by atoms with van der Waals surface area (Å²) in [6, 6.07) is 7.63. The van der Waals surface area contributed by atoms with Crippen molar-refractivity contribution in [2.45, 2.75) is 32.9 Å². The summed E-state index contributed by atoms with van der Waals surface area (Å²) in [6.45, 7) is 3.82. The van der Waals surface area contributed by atoms with Gasteiger partial charge in [-0.25, -0.2) is 14.8 Å². The van der Waals surface area contributed by atoms with E-state index in [1.165, 1.54) is 4.90 Å². The van der Waals surface area contributed by atoms with Gasteiger partial charge in [0.2, 0.25) is 5.95 Å². The third kappa shape index (κ3) is 4.09. The molecule has 4 rings (SSSR count). The smallest absolute Gasteiger partial charge is 0.323 e. The largest absolute Gasteiger partial charge is 0.346 e. The van der Waals surface area contributed by atoms with Crippen molar-refractivity contribution >= 4 is 29.4 Å². The summed E-state index contributed by atoms with van der Waals surface area (Å²) in [5, 5.41) is 6.27. The lowest BCUT2D eigenvalue weighted by atomic mass is 10.0. The van der Waals surface area contributed by atoms with Crippen LogP contribution >= 0.6 is 11.6 Å². The molecule has 9 heteroatoms. The number of halogens is 1. The van der Waals surface area contributed by atoms with Gasteiger partial charge in [0.1, 0.15) is 5.82 Å². The molecule has 0 radical (unpaired) electrons. The minimum Gasteiger partial charge on any atom is -0.346 e. The van der Waals surface area contributed by atoms with E-state index in [4.69, 9.17) is 14.3 Å². The van der Waals surface area contributed by atoms with E-state index in [9.17, 15) is 4.79 Å². The van der Waals surface area contributed by atoms with Crippen molar-refractivity contribution in [1.82, 2.24) is 24.8 Å². The van der Waals surface area contributed by atoms with Crippen molar-refractivity contribution in [3.8, 4) is 5.69 Å². The number of benzene rings is 1. The van der Waals surface area contributed by atoms with Gasteiger partial charge in [0.15, 0.2) is 0 Å². The van der Waals surface area contributed by atoms with E-state index in [1.54, 1.807) is 18.6 Å². The molecule has 8 nitrogen and oxygen atoms in total. The quantitative estimate of drug-likeness (QED) is 0.619. The molecule has 2 aromatic heterocycles. The second kappa shape index (κ2) is 8.31. The molecule has 0 spiro atoms.